The summed E-state index contributed by atoms with van der Waals surface area (Å²) in [7, 11) is -4.33. The molecule has 0 aliphatic heterocycles. The van der Waals surface area contributed by atoms with Crippen LogP contribution in [-0.2, 0) is 18.4 Å². The van der Waals surface area contributed by atoms with Crippen molar-refractivity contribution in [2.75, 3.05) is 19.8 Å². The summed E-state index contributed by atoms with van der Waals surface area (Å²) in [5.41, 5.74) is 5.40. The molecular formula is C54H99N2O6P. The highest BCUT2D eigenvalue weighted by molar-refractivity contribution is 7.47. The Morgan fingerprint density at radius 2 is 0.921 bits per heavy atom. The van der Waals surface area contributed by atoms with E-state index in [0.717, 1.165) is 89.9 Å². The van der Waals surface area contributed by atoms with Crippen molar-refractivity contribution >= 4 is 13.7 Å². The first-order valence-electron chi connectivity index (χ1n) is 26.1. The average molecular weight is 903 g/mol. The minimum absolute atomic E-state index is 0.0809. The van der Waals surface area contributed by atoms with Crippen LogP contribution in [0.25, 0.3) is 0 Å². The van der Waals surface area contributed by atoms with Gasteiger partial charge in [0.05, 0.1) is 25.4 Å². The lowest BCUT2D eigenvalue weighted by atomic mass is 10.0. The SMILES string of the molecule is CC/C=C\C/C=C\C/C=C\C/C=C\C/C=C\C/C=C\CCCCCCC(=O)NC(COP(=O)(O)OCCN)C(O)CCCCCCCCCCCCCCCCCCCCCCC. The number of nitrogens with two attached hydrogens (primary N) is 1. The molecule has 8 nitrogen and oxygen atoms in total. The molecule has 366 valence electrons. The summed E-state index contributed by atoms with van der Waals surface area (Å²) in [5, 5.41) is 13.9. The summed E-state index contributed by atoms with van der Waals surface area (Å²) in [5.74, 6) is -0.186. The van der Waals surface area contributed by atoms with E-state index in [1.807, 2.05) is 0 Å². The highest BCUT2D eigenvalue weighted by Crippen LogP contribution is 2.43. The number of amides is 1. The third-order valence-corrected chi connectivity index (χ3v) is 12.3. The van der Waals surface area contributed by atoms with Gasteiger partial charge in [-0.3, -0.25) is 13.8 Å². The zero-order valence-electron chi connectivity index (χ0n) is 40.8. The zero-order chi connectivity index (χ0) is 46.0. The second-order valence-electron chi connectivity index (χ2n) is 17.4. The van der Waals surface area contributed by atoms with Gasteiger partial charge in [0.1, 0.15) is 0 Å². The number of nitrogens with one attached hydrogen (secondary N) is 1. The van der Waals surface area contributed by atoms with Crippen LogP contribution in [0.15, 0.2) is 72.9 Å². The maximum Gasteiger partial charge on any atom is 0.472 e. The van der Waals surface area contributed by atoms with Gasteiger partial charge in [-0.15, -0.1) is 0 Å². The van der Waals surface area contributed by atoms with Gasteiger partial charge in [-0.2, -0.15) is 0 Å². The van der Waals surface area contributed by atoms with E-state index in [0.29, 0.717) is 12.8 Å². The fourth-order valence-corrected chi connectivity index (χ4v) is 8.19. The van der Waals surface area contributed by atoms with Crippen molar-refractivity contribution in [3.05, 3.63) is 72.9 Å². The van der Waals surface area contributed by atoms with Crippen LogP contribution in [-0.4, -0.2) is 47.8 Å². The lowest BCUT2D eigenvalue weighted by Crippen LogP contribution is -2.46. The van der Waals surface area contributed by atoms with E-state index in [9.17, 15) is 19.4 Å². The molecule has 5 N–H and O–H groups in total. The predicted molar refractivity (Wildman–Crippen MR) is 272 cm³/mol. The van der Waals surface area contributed by atoms with Crippen LogP contribution >= 0.6 is 7.82 Å². The lowest BCUT2D eigenvalue weighted by Gasteiger charge is -2.25. The third kappa shape index (κ3) is 47.7. The molecule has 0 aromatic heterocycles. The zero-order valence-corrected chi connectivity index (χ0v) is 41.7. The van der Waals surface area contributed by atoms with E-state index in [4.69, 9.17) is 14.8 Å². The van der Waals surface area contributed by atoms with Gasteiger partial charge in [-0.25, -0.2) is 4.57 Å². The highest BCUT2D eigenvalue weighted by atomic mass is 31.2. The molecule has 9 heteroatoms. The molecule has 0 rings (SSSR count). The van der Waals surface area contributed by atoms with Crippen molar-refractivity contribution < 1.29 is 28.4 Å². The number of carbonyl (C=O) groups excluding carboxylic acids is 1. The Kier molecular flexibility index (Phi) is 47.8. The van der Waals surface area contributed by atoms with E-state index < -0.39 is 20.0 Å². The van der Waals surface area contributed by atoms with Crippen molar-refractivity contribution in [2.24, 2.45) is 5.73 Å². The van der Waals surface area contributed by atoms with E-state index >= 15 is 0 Å². The number of phosphoric ester groups is 1. The van der Waals surface area contributed by atoms with E-state index in [-0.39, 0.29) is 25.7 Å². The Morgan fingerprint density at radius 1 is 0.540 bits per heavy atom. The first kappa shape index (κ1) is 60.9. The van der Waals surface area contributed by atoms with Crippen LogP contribution in [0, 0.1) is 0 Å². The Labute approximate surface area is 388 Å². The Bertz CT molecular complexity index is 1210. The highest BCUT2D eigenvalue weighted by Gasteiger charge is 2.27. The number of rotatable bonds is 48. The number of carbonyl (C=O) groups is 1. The quantitative estimate of drug-likeness (QED) is 0.0272. The summed E-state index contributed by atoms with van der Waals surface area (Å²) < 4.78 is 22.3. The minimum Gasteiger partial charge on any atom is -0.391 e. The molecule has 1 amide bonds. The van der Waals surface area contributed by atoms with Crippen molar-refractivity contribution in [2.45, 2.75) is 244 Å². The van der Waals surface area contributed by atoms with Gasteiger partial charge < -0.3 is 21.1 Å². The van der Waals surface area contributed by atoms with Crippen molar-refractivity contribution in [3.63, 3.8) is 0 Å². The molecule has 0 heterocycles. The molecule has 0 aliphatic carbocycles. The third-order valence-electron chi connectivity index (χ3n) is 11.3. The number of unbranched alkanes of at least 4 members (excludes halogenated alkanes) is 24. The second-order valence-corrected chi connectivity index (χ2v) is 18.8. The van der Waals surface area contributed by atoms with Crippen molar-refractivity contribution in [3.8, 4) is 0 Å². The molecule has 63 heavy (non-hydrogen) atoms. The first-order chi connectivity index (χ1) is 30.9. The number of aliphatic hydroxyl groups is 1. The summed E-state index contributed by atoms with van der Waals surface area (Å²) >= 11 is 0. The smallest absolute Gasteiger partial charge is 0.391 e. The van der Waals surface area contributed by atoms with Crippen LogP contribution < -0.4 is 11.1 Å². The van der Waals surface area contributed by atoms with Gasteiger partial charge in [0.2, 0.25) is 5.91 Å². The standard InChI is InChI=1S/C54H99N2O6P/c1-3-5-7-9-11-13-15-17-19-21-23-25-26-28-30-32-34-36-38-40-42-44-46-48-54(58)56-52(51-62-63(59,60)61-50-49-55)53(57)47-45-43-41-39-37-35-33-31-29-27-24-22-20-18-16-14-12-10-8-6-4-2/h5,7,11,13,17,19,23,25,28,30,34,36,52-53,57H,3-4,6,8-10,12,14-16,18,20-22,24,26-27,29,31-33,35,37-51,55H2,1-2H3,(H,56,58)(H,59,60)/b7-5-,13-11-,19-17-,25-23-,30-28-,36-34-. The topological polar surface area (TPSA) is 131 Å². The van der Waals surface area contributed by atoms with Crippen LogP contribution in [0.3, 0.4) is 0 Å². The van der Waals surface area contributed by atoms with Gasteiger partial charge >= 0.3 is 7.82 Å². The Balaban J connectivity index is 4.13. The summed E-state index contributed by atoms with van der Waals surface area (Å²) in [6.07, 6.45) is 64.9. The van der Waals surface area contributed by atoms with E-state index in [1.165, 1.54) is 116 Å². The van der Waals surface area contributed by atoms with Gasteiger partial charge in [0, 0.05) is 13.0 Å². The van der Waals surface area contributed by atoms with Gasteiger partial charge in [0.25, 0.3) is 0 Å². The normalized spacial score (nSPS) is 14.4. The maximum atomic E-state index is 12.9. The fourth-order valence-electron chi connectivity index (χ4n) is 7.44. The van der Waals surface area contributed by atoms with Gasteiger partial charge in [0.15, 0.2) is 0 Å². The molecule has 0 aromatic rings. The number of hydrogen-bond donors (Lipinski definition) is 4. The monoisotopic (exact) mass is 903 g/mol. The van der Waals surface area contributed by atoms with Gasteiger partial charge in [-0.05, 0) is 64.2 Å². The molecule has 3 unspecified atom stereocenters. The van der Waals surface area contributed by atoms with Crippen molar-refractivity contribution in [1.29, 1.82) is 0 Å². The molecular weight excluding hydrogens is 804 g/mol. The molecule has 0 aromatic carbocycles. The van der Waals surface area contributed by atoms with Gasteiger partial charge in [-0.1, -0.05) is 234 Å². The first-order valence-corrected chi connectivity index (χ1v) is 27.5. The van der Waals surface area contributed by atoms with E-state index in [1.54, 1.807) is 0 Å². The molecule has 0 radical (unpaired) electrons. The molecule has 0 fully saturated rings. The predicted octanol–water partition coefficient (Wildman–Crippen LogP) is 15.6. The summed E-state index contributed by atoms with van der Waals surface area (Å²) in [4.78, 5) is 22.9. The molecule has 0 spiro atoms. The number of aliphatic hydroxyl groups excluding tert-OH is 1. The summed E-state index contributed by atoms with van der Waals surface area (Å²) in [6.45, 7) is 4.09. The van der Waals surface area contributed by atoms with Crippen LogP contribution in [0.1, 0.15) is 232 Å². The average Bonchev–Trinajstić information content (AvgIpc) is 3.27. The minimum atomic E-state index is -4.33. The number of phosphoric acid groups is 1. The van der Waals surface area contributed by atoms with Crippen LogP contribution in [0.5, 0.6) is 0 Å². The lowest BCUT2D eigenvalue weighted by molar-refractivity contribution is -0.123. The maximum absolute atomic E-state index is 12.9. The molecule has 0 saturated heterocycles. The Hall–Kier alpha value is -2.06. The fraction of sp³-hybridized carbons (Fsp3) is 0.759. The van der Waals surface area contributed by atoms with Crippen molar-refractivity contribution in [1.82, 2.24) is 5.32 Å². The largest absolute Gasteiger partial charge is 0.472 e. The number of allylic oxidation sites excluding steroid dienone is 12. The molecule has 0 aliphatic rings. The molecule has 3 atom stereocenters. The second kappa shape index (κ2) is 49.4. The molecule has 0 saturated carbocycles. The van der Waals surface area contributed by atoms with Crippen LogP contribution in [0.2, 0.25) is 0 Å². The van der Waals surface area contributed by atoms with E-state index in [2.05, 4.69) is 92.1 Å². The summed E-state index contributed by atoms with van der Waals surface area (Å²) in [6, 6.07) is -0.794. The molecule has 0 bridgehead atoms. The van der Waals surface area contributed by atoms with Crippen LogP contribution in [0.4, 0.5) is 0 Å². The number of hydrogen-bond acceptors (Lipinski definition) is 6. The Morgan fingerprint density at radius 3 is 1.35 bits per heavy atom.